The highest BCUT2D eigenvalue weighted by Gasteiger charge is 2.33. The molecule has 8 heteroatoms. The molecule has 0 radical (unpaired) electrons. The van der Waals surface area contributed by atoms with Gasteiger partial charge >= 0.3 is 0 Å². The van der Waals surface area contributed by atoms with Crippen molar-refractivity contribution in [3.63, 3.8) is 0 Å². The Kier molecular flexibility index (Phi) is 7.72. The van der Waals surface area contributed by atoms with Gasteiger partial charge in [0.05, 0.1) is 19.5 Å². The zero-order valence-corrected chi connectivity index (χ0v) is 19.3. The van der Waals surface area contributed by atoms with Crippen LogP contribution in [0, 0.1) is 0 Å². The lowest BCUT2D eigenvalue weighted by molar-refractivity contribution is -0.134. The van der Waals surface area contributed by atoms with Gasteiger partial charge in [0, 0.05) is 18.8 Å². The first kappa shape index (κ1) is 23.7. The van der Waals surface area contributed by atoms with Crippen molar-refractivity contribution in [2.24, 2.45) is 5.73 Å². The number of amides is 2. The number of nitrogens with zero attached hydrogens (tertiary/aromatic N) is 3. The number of hydrogen-bond acceptors (Lipinski definition) is 5. The summed E-state index contributed by atoms with van der Waals surface area (Å²) in [5, 5.41) is 2.73. The SMILES string of the molecule is C[C@@H]1CCCN1C(=O)C(c1ccccc1)n1cnc(NC(=O)[C@@H](N)COCc2ccccc2)c1. The van der Waals surface area contributed by atoms with Gasteiger partial charge in [0.1, 0.15) is 12.1 Å². The Morgan fingerprint density at radius 1 is 1.15 bits per heavy atom. The Morgan fingerprint density at radius 3 is 2.53 bits per heavy atom. The van der Waals surface area contributed by atoms with E-state index in [0.717, 1.165) is 30.5 Å². The molecule has 0 aliphatic carbocycles. The average molecular weight is 462 g/mol. The fourth-order valence-electron chi connectivity index (χ4n) is 4.21. The molecule has 2 aromatic carbocycles. The topological polar surface area (TPSA) is 102 Å². The molecule has 8 nitrogen and oxygen atoms in total. The molecule has 1 aliphatic heterocycles. The van der Waals surface area contributed by atoms with E-state index in [4.69, 9.17) is 10.5 Å². The molecule has 1 unspecified atom stereocenters. The third-order valence-electron chi connectivity index (χ3n) is 6.08. The van der Waals surface area contributed by atoms with Crippen molar-refractivity contribution >= 4 is 17.6 Å². The molecule has 3 aromatic rings. The third-order valence-corrected chi connectivity index (χ3v) is 6.08. The standard InChI is InChI=1S/C26H31N5O3/c1-19-9-8-14-31(19)26(33)24(21-12-6-3-7-13-21)30-15-23(28-18-30)29-25(32)22(27)17-34-16-20-10-4-2-5-11-20/h2-7,10-13,15,18-19,22,24H,8-9,14,16-17,27H2,1H3,(H,29,32)/t19-,22+,24?/m1/s1. The maximum atomic E-state index is 13.5. The molecular formula is C26H31N5O3. The highest BCUT2D eigenvalue weighted by molar-refractivity contribution is 5.94. The van der Waals surface area contributed by atoms with E-state index in [1.807, 2.05) is 65.6 Å². The Hall–Kier alpha value is -3.49. The molecule has 3 N–H and O–H groups in total. The summed E-state index contributed by atoms with van der Waals surface area (Å²) >= 11 is 0. The summed E-state index contributed by atoms with van der Waals surface area (Å²) < 4.78 is 7.32. The van der Waals surface area contributed by atoms with Gasteiger partial charge in [-0.1, -0.05) is 60.7 Å². The summed E-state index contributed by atoms with van der Waals surface area (Å²) in [6.45, 7) is 3.29. The lowest BCUT2D eigenvalue weighted by Crippen LogP contribution is -2.40. The zero-order valence-electron chi connectivity index (χ0n) is 19.3. The van der Waals surface area contributed by atoms with Crippen LogP contribution in [0.15, 0.2) is 73.2 Å². The van der Waals surface area contributed by atoms with Gasteiger partial charge in [0.2, 0.25) is 5.91 Å². The van der Waals surface area contributed by atoms with E-state index in [0.29, 0.717) is 12.4 Å². The molecule has 0 spiro atoms. The number of benzene rings is 2. The molecule has 3 atom stereocenters. The number of nitrogens with one attached hydrogen (secondary N) is 1. The fourth-order valence-corrected chi connectivity index (χ4v) is 4.21. The number of imidazole rings is 1. The van der Waals surface area contributed by atoms with Gasteiger partial charge in [-0.3, -0.25) is 9.59 Å². The predicted octanol–water partition coefficient (Wildman–Crippen LogP) is 2.97. The number of rotatable bonds is 9. The molecule has 2 heterocycles. The minimum Gasteiger partial charge on any atom is -0.375 e. The number of hydrogen-bond donors (Lipinski definition) is 2. The van der Waals surface area contributed by atoms with Crippen molar-refractivity contribution in [1.82, 2.24) is 14.5 Å². The van der Waals surface area contributed by atoms with Crippen LogP contribution in [0.2, 0.25) is 0 Å². The summed E-state index contributed by atoms with van der Waals surface area (Å²) in [6.07, 6.45) is 5.25. The average Bonchev–Trinajstić information content (AvgIpc) is 3.49. The van der Waals surface area contributed by atoms with E-state index in [9.17, 15) is 9.59 Å². The van der Waals surface area contributed by atoms with Crippen molar-refractivity contribution < 1.29 is 14.3 Å². The van der Waals surface area contributed by atoms with Crippen molar-refractivity contribution in [1.29, 1.82) is 0 Å². The molecule has 0 bridgehead atoms. The largest absolute Gasteiger partial charge is 0.375 e. The minimum atomic E-state index is -0.842. The Morgan fingerprint density at radius 2 is 1.85 bits per heavy atom. The van der Waals surface area contributed by atoms with E-state index in [1.165, 1.54) is 0 Å². The highest BCUT2D eigenvalue weighted by atomic mass is 16.5. The monoisotopic (exact) mass is 461 g/mol. The van der Waals surface area contributed by atoms with Crippen LogP contribution in [0.1, 0.15) is 36.9 Å². The molecule has 1 aromatic heterocycles. The van der Waals surface area contributed by atoms with Gasteiger partial charge in [-0.05, 0) is 30.9 Å². The second-order valence-corrected chi connectivity index (χ2v) is 8.64. The fraction of sp³-hybridized carbons (Fsp3) is 0.346. The van der Waals surface area contributed by atoms with Gasteiger partial charge in [-0.15, -0.1) is 0 Å². The van der Waals surface area contributed by atoms with Crippen LogP contribution in [0.25, 0.3) is 0 Å². The van der Waals surface area contributed by atoms with Crippen LogP contribution >= 0.6 is 0 Å². The van der Waals surface area contributed by atoms with Crippen molar-refractivity contribution in [3.05, 3.63) is 84.3 Å². The normalized spacial score (nSPS) is 17.4. The van der Waals surface area contributed by atoms with Gasteiger partial charge in [-0.2, -0.15) is 0 Å². The summed E-state index contributed by atoms with van der Waals surface area (Å²) in [4.78, 5) is 32.3. The van der Waals surface area contributed by atoms with Gasteiger partial charge in [-0.25, -0.2) is 4.98 Å². The van der Waals surface area contributed by atoms with Gasteiger partial charge in [0.15, 0.2) is 5.82 Å². The van der Waals surface area contributed by atoms with E-state index in [1.54, 1.807) is 17.1 Å². The molecule has 4 rings (SSSR count). The number of ether oxygens (including phenoxy) is 1. The van der Waals surface area contributed by atoms with Crippen molar-refractivity contribution in [2.75, 3.05) is 18.5 Å². The minimum absolute atomic E-state index is 0.0255. The first-order chi connectivity index (χ1) is 16.5. The number of anilines is 1. The molecular weight excluding hydrogens is 430 g/mol. The van der Waals surface area contributed by atoms with E-state index < -0.39 is 18.0 Å². The maximum Gasteiger partial charge on any atom is 0.250 e. The van der Waals surface area contributed by atoms with Crippen LogP contribution < -0.4 is 11.1 Å². The summed E-state index contributed by atoms with van der Waals surface area (Å²) in [5.74, 6) is -0.0294. The Balaban J connectivity index is 1.41. The number of aromatic nitrogens is 2. The van der Waals surface area contributed by atoms with Crippen molar-refractivity contribution in [2.45, 2.75) is 44.5 Å². The number of carbonyl (C=O) groups excluding carboxylic acids is 2. The van der Waals surface area contributed by atoms with Crippen molar-refractivity contribution in [3.8, 4) is 0 Å². The van der Waals surface area contributed by atoms with Crippen LogP contribution in [0.4, 0.5) is 5.82 Å². The molecule has 34 heavy (non-hydrogen) atoms. The number of nitrogens with two attached hydrogens (primary N) is 1. The molecule has 1 fully saturated rings. The molecule has 1 saturated heterocycles. The van der Waals surface area contributed by atoms with Gasteiger partial charge < -0.3 is 25.3 Å². The molecule has 1 aliphatic rings. The van der Waals surface area contributed by atoms with Crippen LogP contribution in [0.3, 0.4) is 0 Å². The zero-order chi connectivity index (χ0) is 23.9. The molecule has 0 saturated carbocycles. The van der Waals surface area contributed by atoms with E-state index in [2.05, 4.69) is 17.2 Å². The summed E-state index contributed by atoms with van der Waals surface area (Å²) in [6, 6.07) is 18.1. The summed E-state index contributed by atoms with van der Waals surface area (Å²) in [5.41, 5.74) is 7.88. The Bertz CT molecular complexity index is 1090. The van der Waals surface area contributed by atoms with E-state index in [-0.39, 0.29) is 18.6 Å². The number of likely N-dealkylation sites (tertiary alicyclic amines) is 1. The second-order valence-electron chi connectivity index (χ2n) is 8.64. The maximum absolute atomic E-state index is 13.5. The summed E-state index contributed by atoms with van der Waals surface area (Å²) in [7, 11) is 0. The lowest BCUT2D eigenvalue weighted by atomic mass is 10.0. The Labute approximate surface area is 199 Å². The highest BCUT2D eigenvalue weighted by Crippen LogP contribution is 2.27. The molecule has 2 amide bonds. The van der Waals surface area contributed by atoms with Crippen LogP contribution in [-0.4, -0.2) is 51.5 Å². The second kappa shape index (κ2) is 11.1. The third kappa shape index (κ3) is 5.70. The van der Waals surface area contributed by atoms with Crippen LogP contribution in [-0.2, 0) is 20.9 Å². The predicted molar refractivity (Wildman–Crippen MR) is 130 cm³/mol. The van der Waals surface area contributed by atoms with Gasteiger partial charge in [0.25, 0.3) is 5.91 Å². The first-order valence-electron chi connectivity index (χ1n) is 11.6. The van der Waals surface area contributed by atoms with Crippen LogP contribution in [0.5, 0.6) is 0 Å². The smallest absolute Gasteiger partial charge is 0.250 e. The molecule has 178 valence electrons. The quantitative estimate of drug-likeness (QED) is 0.510. The lowest BCUT2D eigenvalue weighted by Gasteiger charge is -2.27. The first-order valence-corrected chi connectivity index (χ1v) is 11.6. The van der Waals surface area contributed by atoms with E-state index >= 15 is 0 Å². The number of carbonyl (C=O) groups is 2.